The van der Waals surface area contributed by atoms with Gasteiger partial charge in [0.25, 0.3) is 0 Å². The zero-order valence-corrected chi connectivity index (χ0v) is 12.0. The van der Waals surface area contributed by atoms with Gasteiger partial charge < -0.3 is 5.32 Å². The third kappa shape index (κ3) is 4.38. The van der Waals surface area contributed by atoms with Gasteiger partial charge in [0.15, 0.2) is 0 Å². The fraction of sp³-hybridized carbons (Fsp3) is 0.235. The van der Waals surface area contributed by atoms with Crippen LogP contribution in [0.2, 0.25) is 5.02 Å². The fourth-order valence-corrected chi connectivity index (χ4v) is 2.25. The van der Waals surface area contributed by atoms with Crippen molar-refractivity contribution in [3.05, 3.63) is 70.7 Å². The van der Waals surface area contributed by atoms with E-state index in [1.807, 2.05) is 42.5 Å². The van der Waals surface area contributed by atoms with Gasteiger partial charge in [-0.05, 0) is 36.2 Å². The SMILES string of the molecule is N#CCC(NCCc1ccc(Cl)cc1)c1ccccc1. The van der Waals surface area contributed by atoms with E-state index in [0.29, 0.717) is 6.42 Å². The Bertz CT molecular complexity index is 558. The summed E-state index contributed by atoms with van der Waals surface area (Å²) in [5.74, 6) is 0. The molecule has 0 heterocycles. The molecule has 0 aromatic heterocycles. The van der Waals surface area contributed by atoms with Crippen LogP contribution in [0.5, 0.6) is 0 Å². The number of hydrogen-bond acceptors (Lipinski definition) is 2. The summed E-state index contributed by atoms with van der Waals surface area (Å²) < 4.78 is 0. The molecule has 0 fully saturated rings. The molecule has 0 aliphatic rings. The molecule has 1 unspecified atom stereocenters. The van der Waals surface area contributed by atoms with Gasteiger partial charge in [-0.2, -0.15) is 5.26 Å². The minimum atomic E-state index is 0.0912. The van der Waals surface area contributed by atoms with Gasteiger partial charge >= 0.3 is 0 Å². The average Bonchev–Trinajstić information content (AvgIpc) is 2.49. The molecule has 0 saturated heterocycles. The maximum atomic E-state index is 8.94. The van der Waals surface area contributed by atoms with Gasteiger partial charge in [-0.1, -0.05) is 54.1 Å². The first-order valence-electron chi connectivity index (χ1n) is 6.69. The maximum Gasteiger partial charge on any atom is 0.0641 e. The van der Waals surface area contributed by atoms with Crippen molar-refractivity contribution in [1.29, 1.82) is 5.26 Å². The minimum absolute atomic E-state index is 0.0912. The molecule has 0 spiro atoms. The second-order valence-electron chi connectivity index (χ2n) is 4.66. The first kappa shape index (κ1) is 14.6. The molecule has 3 heteroatoms. The van der Waals surface area contributed by atoms with Crippen LogP contribution in [0.15, 0.2) is 54.6 Å². The molecule has 0 aliphatic heterocycles. The molecule has 102 valence electrons. The number of nitrogens with one attached hydrogen (secondary N) is 1. The van der Waals surface area contributed by atoms with E-state index in [1.165, 1.54) is 5.56 Å². The number of halogens is 1. The Morgan fingerprint density at radius 3 is 2.40 bits per heavy atom. The van der Waals surface area contributed by atoms with Gasteiger partial charge in [0.05, 0.1) is 12.5 Å². The van der Waals surface area contributed by atoms with Crippen molar-refractivity contribution >= 4 is 11.6 Å². The number of hydrogen-bond donors (Lipinski definition) is 1. The average molecular weight is 285 g/mol. The van der Waals surface area contributed by atoms with Gasteiger partial charge in [0.1, 0.15) is 0 Å². The second kappa shape index (κ2) is 7.69. The van der Waals surface area contributed by atoms with E-state index in [1.54, 1.807) is 0 Å². The van der Waals surface area contributed by atoms with Gasteiger partial charge in [-0.25, -0.2) is 0 Å². The van der Waals surface area contributed by atoms with Crippen LogP contribution < -0.4 is 5.32 Å². The standard InChI is InChI=1S/C17H17ClN2/c18-16-8-6-14(7-9-16)11-13-20-17(10-12-19)15-4-2-1-3-5-15/h1-9,17,20H,10-11,13H2. The molecule has 0 amide bonds. The van der Waals surface area contributed by atoms with Crippen molar-refractivity contribution in [3.8, 4) is 6.07 Å². The lowest BCUT2D eigenvalue weighted by Gasteiger charge is -2.16. The van der Waals surface area contributed by atoms with Crippen molar-refractivity contribution < 1.29 is 0 Å². The van der Waals surface area contributed by atoms with E-state index in [2.05, 4.69) is 23.5 Å². The Labute approximate surface area is 125 Å². The quantitative estimate of drug-likeness (QED) is 0.866. The van der Waals surface area contributed by atoms with Crippen molar-refractivity contribution in [2.75, 3.05) is 6.54 Å². The van der Waals surface area contributed by atoms with Crippen LogP contribution in [0.3, 0.4) is 0 Å². The van der Waals surface area contributed by atoms with E-state index in [4.69, 9.17) is 16.9 Å². The monoisotopic (exact) mass is 284 g/mol. The molecule has 0 saturated carbocycles. The van der Waals surface area contributed by atoms with Gasteiger partial charge in [-0.3, -0.25) is 0 Å². The number of rotatable bonds is 6. The summed E-state index contributed by atoms with van der Waals surface area (Å²) in [6.07, 6.45) is 1.40. The predicted octanol–water partition coefficient (Wildman–Crippen LogP) is 4.13. The Kier molecular flexibility index (Phi) is 5.61. The lowest BCUT2D eigenvalue weighted by atomic mass is 10.0. The van der Waals surface area contributed by atoms with Crippen molar-refractivity contribution in [2.45, 2.75) is 18.9 Å². The molecule has 0 aliphatic carbocycles. The third-order valence-corrected chi connectivity index (χ3v) is 3.47. The second-order valence-corrected chi connectivity index (χ2v) is 5.09. The highest BCUT2D eigenvalue weighted by atomic mass is 35.5. The fourth-order valence-electron chi connectivity index (χ4n) is 2.13. The molecule has 2 rings (SSSR count). The van der Waals surface area contributed by atoms with Crippen molar-refractivity contribution in [1.82, 2.24) is 5.32 Å². The maximum absolute atomic E-state index is 8.94. The van der Waals surface area contributed by atoms with Crippen LogP contribution in [0, 0.1) is 11.3 Å². The number of benzene rings is 2. The molecule has 2 aromatic rings. The molecule has 0 radical (unpaired) electrons. The predicted molar refractivity (Wildman–Crippen MR) is 82.6 cm³/mol. The van der Waals surface area contributed by atoms with Crippen LogP contribution in [-0.4, -0.2) is 6.54 Å². The van der Waals surface area contributed by atoms with Crippen molar-refractivity contribution in [3.63, 3.8) is 0 Å². The summed E-state index contributed by atoms with van der Waals surface area (Å²) in [6, 6.07) is 20.3. The number of nitriles is 1. The summed E-state index contributed by atoms with van der Waals surface area (Å²) >= 11 is 5.87. The lowest BCUT2D eigenvalue weighted by molar-refractivity contribution is 0.545. The summed E-state index contributed by atoms with van der Waals surface area (Å²) in [5, 5.41) is 13.1. The molecule has 2 nitrogen and oxygen atoms in total. The lowest BCUT2D eigenvalue weighted by Crippen LogP contribution is -2.23. The van der Waals surface area contributed by atoms with Crippen LogP contribution in [0.25, 0.3) is 0 Å². The zero-order chi connectivity index (χ0) is 14.2. The number of nitrogens with zero attached hydrogens (tertiary/aromatic N) is 1. The Hall–Kier alpha value is -1.82. The molecular weight excluding hydrogens is 268 g/mol. The largest absolute Gasteiger partial charge is 0.309 e. The summed E-state index contributed by atoms with van der Waals surface area (Å²) in [7, 11) is 0. The zero-order valence-electron chi connectivity index (χ0n) is 11.2. The highest BCUT2D eigenvalue weighted by Gasteiger charge is 2.09. The van der Waals surface area contributed by atoms with Gasteiger partial charge in [-0.15, -0.1) is 0 Å². The Morgan fingerprint density at radius 1 is 1.05 bits per heavy atom. The van der Waals surface area contributed by atoms with Gasteiger partial charge in [0.2, 0.25) is 0 Å². The normalized spacial score (nSPS) is 11.8. The molecular formula is C17H17ClN2. The van der Waals surface area contributed by atoms with E-state index in [0.717, 1.165) is 23.6 Å². The third-order valence-electron chi connectivity index (χ3n) is 3.22. The Morgan fingerprint density at radius 2 is 1.75 bits per heavy atom. The van der Waals surface area contributed by atoms with E-state index >= 15 is 0 Å². The first-order chi connectivity index (χ1) is 9.79. The Balaban J connectivity index is 1.90. The highest BCUT2D eigenvalue weighted by molar-refractivity contribution is 6.30. The summed E-state index contributed by atoms with van der Waals surface area (Å²) in [5.41, 5.74) is 2.40. The van der Waals surface area contributed by atoms with E-state index < -0.39 is 0 Å². The molecule has 0 bridgehead atoms. The van der Waals surface area contributed by atoms with Crippen molar-refractivity contribution in [2.24, 2.45) is 0 Å². The molecule has 1 atom stereocenters. The van der Waals surface area contributed by atoms with Gasteiger partial charge in [0, 0.05) is 11.1 Å². The first-order valence-corrected chi connectivity index (χ1v) is 7.07. The smallest absolute Gasteiger partial charge is 0.0641 e. The van der Waals surface area contributed by atoms with Crippen LogP contribution in [-0.2, 0) is 6.42 Å². The van der Waals surface area contributed by atoms with Crippen LogP contribution >= 0.6 is 11.6 Å². The molecule has 2 aromatic carbocycles. The summed E-state index contributed by atoms with van der Waals surface area (Å²) in [4.78, 5) is 0. The highest BCUT2D eigenvalue weighted by Crippen LogP contribution is 2.16. The topological polar surface area (TPSA) is 35.8 Å². The summed E-state index contributed by atoms with van der Waals surface area (Å²) in [6.45, 7) is 0.836. The van der Waals surface area contributed by atoms with E-state index in [9.17, 15) is 0 Å². The molecule has 1 N–H and O–H groups in total. The molecule has 20 heavy (non-hydrogen) atoms. The minimum Gasteiger partial charge on any atom is -0.309 e. The van der Waals surface area contributed by atoms with Crippen LogP contribution in [0.1, 0.15) is 23.6 Å². The van der Waals surface area contributed by atoms with Crippen LogP contribution in [0.4, 0.5) is 0 Å². The van der Waals surface area contributed by atoms with E-state index in [-0.39, 0.29) is 6.04 Å².